The van der Waals surface area contributed by atoms with Crippen molar-refractivity contribution in [2.75, 3.05) is 0 Å². The van der Waals surface area contributed by atoms with Gasteiger partial charge in [0, 0.05) is 11.6 Å². The Bertz CT molecular complexity index is 1430. The third-order valence-electron chi connectivity index (χ3n) is 9.55. The highest BCUT2D eigenvalue weighted by atomic mass is 16.4. The lowest BCUT2D eigenvalue weighted by molar-refractivity contribution is -0.265. The van der Waals surface area contributed by atoms with Crippen molar-refractivity contribution in [3.05, 3.63) is 47.7 Å². The number of Topliss-reactive ketones (excluding diaryl/α,β-unsaturated/α-hetero) is 2. The molecule has 11 nitrogen and oxygen atoms in total. The van der Waals surface area contributed by atoms with E-state index in [1.165, 1.54) is 12.1 Å². The molecular formula is C29H34N4O7. The average molecular weight is 551 g/mol. The third-order valence-corrected chi connectivity index (χ3v) is 9.55. The Labute approximate surface area is 231 Å². The summed E-state index contributed by atoms with van der Waals surface area (Å²) < 4.78 is 0. The number of phenolic OH excluding ortho intramolecular Hbond substituents is 1. The quantitative estimate of drug-likeness (QED) is 0.282. The van der Waals surface area contributed by atoms with Crippen LogP contribution in [0.2, 0.25) is 0 Å². The number of nitrogens with zero attached hydrogens (tertiary/aromatic N) is 3. The Morgan fingerprint density at radius 2 is 1.82 bits per heavy atom. The number of pyridine rings is 1. The third kappa shape index (κ3) is 3.68. The number of aliphatic hydroxyl groups excluding tert-OH is 2. The van der Waals surface area contributed by atoms with E-state index in [2.05, 4.69) is 15.2 Å². The van der Waals surface area contributed by atoms with Crippen LogP contribution in [0.5, 0.6) is 5.75 Å². The fourth-order valence-electron chi connectivity index (χ4n) is 8.13. The summed E-state index contributed by atoms with van der Waals surface area (Å²) in [5.41, 5.74) is 1.17. The summed E-state index contributed by atoms with van der Waals surface area (Å²) in [5, 5.41) is 54.4. The second kappa shape index (κ2) is 9.25. The molecule has 0 spiro atoms. The molecule has 2 saturated carbocycles. The van der Waals surface area contributed by atoms with Crippen LogP contribution in [0.3, 0.4) is 0 Å². The molecule has 0 bridgehead atoms. The van der Waals surface area contributed by atoms with E-state index in [-0.39, 0.29) is 30.1 Å². The zero-order valence-corrected chi connectivity index (χ0v) is 22.8. The average Bonchev–Trinajstić information content (AvgIpc) is 2.86. The minimum atomic E-state index is -2.55. The molecule has 1 heterocycles. The van der Waals surface area contributed by atoms with Crippen molar-refractivity contribution in [2.24, 2.45) is 50.5 Å². The number of carbonyl (C=O) groups excluding carboxylic acids is 3. The number of amides is 1. The second-order valence-electron chi connectivity index (χ2n) is 12.3. The number of phenols is 1. The molecule has 2 aromatic rings. The lowest BCUT2D eigenvalue weighted by Crippen LogP contribution is -2.79. The van der Waals surface area contributed by atoms with Gasteiger partial charge in [0.25, 0.3) is 0 Å². The number of hydrogen-bond donors (Lipinski definition) is 5. The summed E-state index contributed by atoms with van der Waals surface area (Å²) in [6, 6.07) is 7.99. The molecule has 0 saturated heterocycles. The molecular weight excluding hydrogens is 516 g/mol. The molecule has 212 valence electrons. The van der Waals surface area contributed by atoms with Gasteiger partial charge in [-0.1, -0.05) is 33.8 Å². The van der Waals surface area contributed by atoms with Crippen molar-refractivity contribution < 1.29 is 34.8 Å². The highest BCUT2D eigenvalue weighted by Crippen LogP contribution is 2.66. The fourth-order valence-corrected chi connectivity index (χ4v) is 8.13. The highest BCUT2D eigenvalue weighted by molar-refractivity contribution is 6.09. The summed E-state index contributed by atoms with van der Waals surface area (Å²) >= 11 is 0. The molecule has 3 aliphatic carbocycles. The second-order valence-corrected chi connectivity index (χ2v) is 12.3. The number of aromatic nitrogens is 1. The van der Waals surface area contributed by atoms with Crippen LogP contribution in [0.1, 0.15) is 50.0 Å². The number of ketones is 2. The molecule has 1 aromatic heterocycles. The predicted octanol–water partition coefficient (Wildman–Crippen LogP) is 2.38. The van der Waals surface area contributed by atoms with Crippen molar-refractivity contribution in [3.63, 3.8) is 0 Å². The number of hydrogen-bond acceptors (Lipinski definition) is 10. The Balaban J connectivity index is 1.68. The monoisotopic (exact) mass is 550 g/mol. The number of fused-ring (bicyclic) bond motifs is 3. The van der Waals surface area contributed by atoms with E-state index in [9.17, 15) is 34.8 Å². The SMILES string of the molecule is CC(C)[C@H]1C(O)[C@@H](C(N)=O)C(=O)[C@]2(O)C(O)[C@H]3C(=O)c4c(O)ccc(N=Nc5ccccn5)c4C[C@]3(C)C[C@]12C. The van der Waals surface area contributed by atoms with Crippen molar-refractivity contribution >= 4 is 29.0 Å². The van der Waals surface area contributed by atoms with E-state index in [0.717, 1.165) is 0 Å². The van der Waals surface area contributed by atoms with Gasteiger partial charge in [0.2, 0.25) is 5.91 Å². The van der Waals surface area contributed by atoms with E-state index in [1.807, 2.05) is 0 Å². The molecule has 3 aliphatic rings. The lowest BCUT2D eigenvalue weighted by Gasteiger charge is -2.66. The zero-order valence-electron chi connectivity index (χ0n) is 22.8. The van der Waals surface area contributed by atoms with Gasteiger partial charge in [-0.2, -0.15) is 0 Å². The maximum absolute atomic E-state index is 14.1. The van der Waals surface area contributed by atoms with Gasteiger partial charge in [-0.3, -0.25) is 14.4 Å². The molecule has 6 N–H and O–H groups in total. The Hall–Kier alpha value is -3.54. The van der Waals surface area contributed by atoms with Gasteiger partial charge in [-0.25, -0.2) is 4.98 Å². The number of azo groups is 1. The number of benzene rings is 1. The minimum absolute atomic E-state index is 0.0486. The number of aliphatic hydroxyl groups is 3. The molecule has 1 aromatic carbocycles. The normalized spacial score (nSPS) is 37.2. The number of primary amides is 1. The Kier molecular flexibility index (Phi) is 6.48. The largest absolute Gasteiger partial charge is 0.507 e. The minimum Gasteiger partial charge on any atom is -0.507 e. The first-order valence-corrected chi connectivity index (χ1v) is 13.3. The van der Waals surface area contributed by atoms with Crippen LogP contribution in [0.25, 0.3) is 0 Å². The maximum atomic E-state index is 14.1. The smallest absolute Gasteiger partial charge is 0.230 e. The first-order chi connectivity index (χ1) is 18.7. The van der Waals surface area contributed by atoms with E-state index in [0.29, 0.717) is 17.1 Å². The summed E-state index contributed by atoms with van der Waals surface area (Å²) in [7, 11) is 0. The van der Waals surface area contributed by atoms with Crippen LogP contribution in [-0.4, -0.2) is 60.7 Å². The van der Waals surface area contributed by atoms with Crippen LogP contribution in [0.15, 0.2) is 46.8 Å². The van der Waals surface area contributed by atoms with Crippen LogP contribution >= 0.6 is 0 Å². The molecule has 2 fully saturated rings. The van der Waals surface area contributed by atoms with Crippen LogP contribution in [-0.2, 0) is 16.0 Å². The molecule has 1 amide bonds. The van der Waals surface area contributed by atoms with Gasteiger partial charge >= 0.3 is 0 Å². The van der Waals surface area contributed by atoms with Gasteiger partial charge in [0.1, 0.15) is 17.8 Å². The molecule has 11 heteroatoms. The van der Waals surface area contributed by atoms with Gasteiger partial charge in [-0.05, 0) is 59.9 Å². The summed E-state index contributed by atoms with van der Waals surface area (Å²) in [4.78, 5) is 44.2. The number of aromatic hydroxyl groups is 1. The molecule has 2 unspecified atom stereocenters. The van der Waals surface area contributed by atoms with Crippen molar-refractivity contribution in [3.8, 4) is 5.75 Å². The lowest BCUT2D eigenvalue weighted by atomic mass is 9.39. The van der Waals surface area contributed by atoms with Crippen LogP contribution in [0, 0.1) is 34.5 Å². The van der Waals surface area contributed by atoms with Crippen LogP contribution < -0.4 is 5.73 Å². The van der Waals surface area contributed by atoms with Crippen molar-refractivity contribution in [1.82, 2.24) is 4.98 Å². The highest BCUT2D eigenvalue weighted by Gasteiger charge is 2.75. The molecule has 5 rings (SSSR count). The number of carbonyl (C=O) groups is 3. The van der Waals surface area contributed by atoms with E-state index >= 15 is 0 Å². The number of rotatable bonds is 4. The zero-order chi connectivity index (χ0) is 29.4. The fraction of sp³-hybridized carbons (Fsp3) is 0.517. The van der Waals surface area contributed by atoms with Gasteiger partial charge < -0.3 is 26.2 Å². The van der Waals surface area contributed by atoms with Crippen LogP contribution in [0.4, 0.5) is 11.5 Å². The van der Waals surface area contributed by atoms with Gasteiger partial charge in [0.05, 0.1) is 23.3 Å². The van der Waals surface area contributed by atoms with Gasteiger partial charge in [-0.15, -0.1) is 10.2 Å². The van der Waals surface area contributed by atoms with Crippen molar-refractivity contribution in [1.29, 1.82) is 0 Å². The topological polar surface area (TPSA) is 196 Å². The van der Waals surface area contributed by atoms with E-state index < -0.39 is 63.9 Å². The van der Waals surface area contributed by atoms with Gasteiger partial charge in [0.15, 0.2) is 23.0 Å². The molecule has 0 aliphatic heterocycles. The summed E-state index contributed by atoms with van der Waals surface area (Å²) in [6.45, 7) is 6.99. The first-order valence-electron chi connectivity index (χ1n) is 13.3. The predicted molar refractivity (Wildman–Crippen MR) is 142 cm³/mol. The summed E-state index contributed by atoms with van der Waals surface area (Å²) in [5.74, 6) is -7.03. The standard InChI is InChI=1S/C29H34N4O7/c1-13(2)20-23(36)19(26(30)39)24(37)29(40)25(38)21-22(35)18-14(11-27(21,3)12-28(20,29)4)15(8-9-16(18)34)32-33-17-7-5-6-10-31-17/h5-10,13,19-21,23,25,34,36,38,40H,11-12H2,1-4H3,(H2,30,39)/t19-,20+,21-,23?,25?,27-,28-,29+/m1/s1. The first kappa shape index (κ1) is 28.0. The summed E-state index contributed by atoms with van der Waals surface area (Å²) in [6.07, 6.45) is -1.65. The molecule has 8 atom stereocenters. The van der Waals surface area contributed by atoms with E-state index in [4.69, 9.17) is 5.73 Å². The maximum Gasteiger partial charge on any atom is 0.230 e. The molecule has 40 heavy (non-hydrogen) atoms. The Morgan fingerprint density at radius 3 is 2.42 bits per heavy atom. The molecule has 0 radical (unpaired) electrons. The van der Waals surface area contributed by atoms with Crippen molar-refractivity contribution in [2.45, 2.75) is 58.3 Å². The Morgan fingerprint density at radius 1 is 1.12 bits per heavy atom. The number of nitrogens with two attached hydrogens (primary N) is 1. The van der Waals surface area contributed by atoms with E-state index in [1.54, 1.807) is 52.1 Å².